The van der Waals surface area contributed by atoms with Gasteiger partial charge in [0, 0.05) is 6.54 Å². The first-order valence-corrected chi connectivity index (χ1v) is 3.99. The zero-order valence-electron chi connectivity index (χ0n) is 5.46. The number of nitrogens with one attached hydrogen (secondary N) is 1. The molecule has 1 heterocycles. The summed E-state index contributed by atoms with van der Waals surface area (Å²) >= 11 is 1.67. The smallest absolute Gasteiger partial charge is 0.309 e. The Kier molecular flexibility index (Phi) is 2.96. The fourth-order valence-corrected chi connectivity index (χ4v) is 1.40. The SMILES string of the molecule is O=[C]NCCc1ccsc1. The highest BCUT2D eigenvalue weighted by atomic mass is 32.1. The average Bonchev–Trinajstić information content (AvgIpc) is 2.41. The first-order valence-electron chi connectivity index (χ1n) is 3.04. The standard InChI is InChI=1S/C7H8NOS/c9-6-8-3-1-7-2-4-10-5-7/h2,4-5H,1,3H2,(H,8,9). The molecule has 0 saturated carbocycles. The van der Waals surface area contributed by atoms with E-state index in [1.54, 1.807) is 17.7 Å². The molecule has 1 radical (unpaired) electrons. The maximum Gasteiger partial charge on any atom is 0.309 e. The molecule has 53 valence electrons. The molecule has 0 aliphatic heterocycles. The Morgan fingerprint density at radius 3 is 3.20 bits per heavy atom. The Bertz CT molecular complexity index is 183. The van der Waals surface area contributed by atoms with Crippen molar-refractivity contribution in [2.45, 2.75) is 6.42 Å². The van der Waals surface area contributed by atoms with Gasteiger partial charge in [0.05, 0.1) is 0 Å². The third kappa shape index (κ3) is 2.19. The summed E-state index contributed by atoms with van der Waals surface area (Å²) < 4.78 is 0. The lowest BCUT2D eigenvalue weighted by molar-refractivity contribution is 0.542. The van der Waals surface area contributed by atoms with Gasteiger partial charge in [0.25, 0.3) is 0 Å². The second-order valence-electron chi connectivity index (χ2n) is 1.91. The molecule has 0 saturated heterocycles. The molecule has 1 aromatic rings. The predicted octanol–water partition coefficient (Wildman–Crippen LogP) is 0.947. The van der Waals surface area contributed by atoms with Crippen molar-refractivity contribution < 1.29 is 4.79 Å². The fraction of sp³-hybridized carbons (Fsp3) is 0.286. The topological polar surface area (TPSA) is 29.1 Å². The molecule has 1 amide bonds. The molecular weight excluding hydrogens is 146 g/mol. The maximum absolute atomic E-state index is 9.70. The van der Waals surface area contributed by atoms with Crippen LogP contribution in [-0.4, -0.2) is 13.0 Å². The van der Waals surface area contributed by atoms with Gasteiger partial charge in [-0.2, -0.15) is 11.3 Å². The number of rotatable bonds is 4. The number of hydrogen-bond donors (Lipinski definition) is 1. The van der Waals surface area contributed by atoms with Crippen molar-refractivity contribution in [1.82, 2.24) is 5.32 Å². The molecule has 0 aliphatic rings. The van der Waals surface area contributed by atoms with Crippen LogP contribution in [0.15, 0.2) is 16.8 Å². The molecule has 0 atom stereocenters. The number of carbonyl (C=O) groups excluding carboxylic acids is 1. The summed E-state index contributed by atoms with van der Waals surface area (Å²) in [5.74, 6) is 0. The maximum atomic E-state index is 9.70. The lowest BCUT2D eigenvalue weighted by Gasteiger charge is -1.93. The van der Waals surface area contributed by atoms with E-state index in [1.807, 2.05) is 5.38 Å². The number of thiophene rings is 1. The van der Waals surface area contributed by atoms with Gasteiger partial charge >= 0.3 is 6.41 Å². The van der Waals surface area contributed by atoms with Crippen molar-refractivity contribution in [2.75, 3.05) is 6.54 Å². The average molecular weight is 154 g/mol. The number of amides is 1. The summed E-state index contributed by atoms with van der Waals surface area (Å²) in [5, 5.41) is 6.59. The molecule has 2 nitrogen and oxygen atoms in total. The van der Waals surface area contributed by atoms with E-state index in [9.17, 15) is 4.79 Å². The van der Waals surface area contributed by atoms with Crippen molar-refractivity contribution in [3.63, 3.8) is 0 Å². The van der Waals surface area contributed by atoms with Gasteiger partial charge in [0.15, 0.2) is 0 Å². The minimum Gasteiger partial charge on any atom is -0.348 e. The molecule has 10 heavy (non-hydrogen) atoms. The van der Waals surface area contributed by atoms with E-state index in [0.29, 0.717) is 6.54 Å². The van der Waals surface area contributed by atoms with Gasteiger partial charge in [0.2, 0.25) is 0 Å². The molecular formula is C7H8NOS. The fourth-order valence-electron chi connectivity index (χ4n) is 0.693. The lowest BCUT2D eigenvalue weighted by atomic mass is 10.2. The molecule has 0 fully saturated rings. The van der Waals surface area contributed by atoms with Crippen LogP contribution in [0.25, 0.3) is 0 Å². The van der Waals surface area contributed by atoms with Crippen molar-refractivity contribution in [3.8, 4) is 0 Å². The minimum atomic E-state index is 0.681. The highest BCUT2D eigenvalue weighted by molar-refractivity contribution is 7.07. The van der Waals surface area contributed by atoms with Crippen molar-refractivity contribution in [2.24, 2.45) is 0 Å². The van der Waals surface area contributed by atoms with Crippen LogP contribution in [0.1, 0.15) is 5.56 Å². The second kappa shape index (κ2) is 4.06. The van der Waals surface area contributed by atoms with Crippen LogP contribution < -0.4 is 5.32 Å². The summed E-state index contributed by atoms with van der Waals surface area (Å²) in [6.07, 6.45) is 2.54. The zero-order chi connectivity index (χ0) is 7.23. The van der Waals surface area contributed by atoms with E-state index >= 15 is 0 Å². The van der Waals surface area contributed by atoms with Crippen LogP contribution in [-0.2, 0) is 11.2 Å². The summed E-state index contributed by atoms with van der Waals surface area (Å²) in [6.45, 7) is 0.681. The Labute approximate surface area is 63.9 Å². The second-order valence-corrected chi connectivity index (χ2v) is 2.69. The first-order chi connectivity index (χ1) is 4.93. The number of hydrogen-bond acceptors (Lipinski definition) is 2. The normalized spacial score (nSPS) is 9.20. The largest absolute Gasteiger partial charge is 0.348 e. The molecule has 3 heteroatoms. The lowest BCUT2D eigenvalue weighted by Crippen LogP contribution is -2.13. The molecule has 1 aromatic heterocycles. The van der Waals surface area contributed by atoms with Crippen LogP contribution in [0.5, 0.6) is 0 Å². The van der Waals surface area contributed by atoms with Gasteiger partial charge in [-0.1, -0.05) is 0 Å². The van der Waals surface area contributed by atoms with Gasteiger partial charge in [-0.05, 0) is 28.8 Å². The van der Waals surface area contributed by atoms with E-state index in [0.717, 1.165) is 6.42 Å². The Hall–Kier alpha value is -0.830. The summed E-state index contributed by atoms with van der Waals surface area (Å²) in [5.41, 5.74) is 1.27. The molecule has 1 N–H and O–H groups in total. The molecule has 0 aliphatic carbocycles. The van der Waals surface area contributed by atoms with Crippen LogP contribution in [0, 0.1) is 0 Å². The molecule has 1 rings (SSSR count). The highest BCUT2D eigenvalue weighted by Crippen LogP contribution is 2.05. The summed E-state index contributed by atoms with van der Waals surface area (Å²) in [7, 11) is 0. The van der Waals surface area contributed by atoms with Crippen LogP contribution in [0.4, 0.5) is 0 Å². The van der Waals surface area contributed by atoms with Gasteiger partial charge in [0.1, 0.15) is 0 Å². The van der Waals surface area contributed by atoms with Crippen molar-refractivity contribution >= 4 is 17.7 Å². The Morgan fingerprint density at radius 1 is 1.70 bits per heavy atom. The zero-order valence-corrected chi connectivity index (χ0v) is 6.28. The monoisotopic (exact) mass is 154 g/mol. The predicted molar refractivity (Wildman–Crippen MR) is 41.7 cm³/mol. The van der Waals surface area contributed by atoms with Crippen molar-refractivity contribution in [1.29, 1.82) is 0 Å². The van der Waals surface area contributed by atoms with E-state index in [1.165, 1.54) is 5.56 Å². The highest BCUT2D eigenvalue weighted by Gasteiger charge is 1.90. The molecule has 0 spiro atoms. The Morgan fingerprint density at radius 2 is 2.60 bits per heavy atom. The minimum absolute atomic E-state index is 0.681. The third-order valence-electron chi connectivity index (χ3n) is 1.19. The van der Waals surface area contributed by atoms with Gasteiger partial charge < -0.3 is 5.32 Å². The van der Waals surface area contributed by atoms with Crippen molar-refractivity contribution in [3.05, 3.63) is 22.4 Å². The quantitative estimate of drug-likeness (QED) is 0.507. The van der Waals surface area contributed by atoms with Gasteiger partial charge in [-0.3, -0.25) is 4.79 Å². The summed E-state index contributed by atoms with van der Waals surface area (Å²) in [6, 6.07) is 2.05. The van der Waals surface area contributed by atoms with Crippen LogP contribution in [0.2, 0.25) is 0 Å². The molecule has 0 bridgehead atoms. The van der Waals surface area contributed by atoms with Crippen LogP contribution >= 0.6 is 11.3 Å². The van der Waals surface area contributed by atoms with Crippen LogP contribution in [0.3, 0.4) is 0 Å². The third-order valence-corrected chi connectivity index (χ3v) is 1.92. The summed E-state index contributed by atoms with van der Waals surface area (Å²) in [4.78, 5) is 9.70. The first kappa shape index (κ1) is 7.28. The van der Waals surface area contributed by atoms with E-state index < -0.39 is 0 Å². The van der Waals surface area contributed by atoms with E-state index in [-0.39, 0.29) is 0 Å². The van der Waals surface area contributed by atoms with E-state index in [4.69, 9.17) is 0 Å². The van der Waals surface area contributed by atoms with E-state index in [2.05, 4.69) is 16.8 Å². The Balaban J connectivity index is 2.21. The molecule has 0 aromatic carbocycles. The molecule has 0 unspecified atom stereocenters. The van der Waals surface area contributed by atoms with Gasteiger partial charge in [-0.15, -0.1) is 0 Å². The van der Waals surface area contributed by atoms with Gasteiger partial charge in [-0.25, -0.2) is 0 Å².